The SMILES string of the molecule is COc1cc(N2C(=S)N[C@H](c3ccccn3)[C@H]2c2cc(C)n(-c3cc(Cl)ccc3OC)c2C)ccc1NC(=O)C(C)(C)C. The molecule has 1 aliphatic rings. The smallest absolute Gasteiger partial charge is 0.229 e. The first kappa shape index (κ1) is 30.4. The van der Waals surface area contributed by atoms with Crippen molar-refractivity contribution in [2.45, 2.75) is 46.7 Å². The Hall–Kier alpha value is -4.08. The number of thiocarbonyl (C=S) groups is 1. The van der Waals surface area contributed by atoms with Gasteiger partial charge < -0.3 is 29.6 Å². The van der Waals surface area contributed by atoms with Gasteiger partial charge in [-0.2, -0.15) is 0 Å². The first-order valence-corrected chi connectivity index (χ1v) is 14.8. The lowest BCUT2D eigenvalue weighted by molar-refractivity contribution is -0.123. The normalized spacial score (nSPS) is 16.7. The molecule has 0 unspecified atom stereocenters. The van der Waals surface area contributed by atoms with Crippen LogP contribution >= 0.6 is 23.8 Å². The molecule has 2 aromatic carbocycles. The number of ether oxygens (including phenoxy) is 2. The predicted octanol–water partition coefficient (Wildman–Crippen LogP) is 7.32. The van der Waals surface area contributed by atoms with E-state index in [4.69, 9.17) is 38.3 Å². The number of benzene rings is 2. The molecule has 0 saturated carbocycles. The maximum atomic E-state index is 12.8. The molecule has 0 radical (unpaired) electrons. The molecular weight excluding hydrogens is 582 g/mol. The zero-order valence-corrected chi connectivity index (χ0v) is 26.9. The van der Waals surface area contributed by atoms with Gasteiger partial charge in [0.2, 0.25) is 5.91 Å². The lowest BCUT2D eigenvalue weighted by Gasteiger charge is -2.29. The molecule has 8 nitrogen and oxygen atoms in total. The number of pyridine rings is 1. The Balaban J connectivity index is 1.65. The summed E-state index contributed by atoms with van der Waals surface area (Å²) in [5.74, 6) is 1.15. The number of nitrogens with zero attached hydrogens (tertiary/aromatic N) is 3. The Labute approximate surface area is 263 Å². The van der Waals surface area contributed by atoms with Crippen LogP contribution in [0.4, 0.5) is 11.4 Å². The van der Waals surface area contributed by atoms with Crippen LogP contribution in [0.2, 0.25) is 5.02 Å². The highest BCUT2D eigenvalue weighted by atomic mass is 35.5. The minimum Gasteiger partial charge on any atom is -0.495 e. The number of aromatic nitrogens is 2. The fourth-order valence-electron chi connectivity index (χ4n) is 5.49. The number of halogens is 1. The van der Waals surface area contributed by atoms with Crippen molar-refractivity contribution in [3.63, 3.8) is 0 Å². The van der Waals surface area contributed by atoms with Gasteiger partial charge in [-0.25, -0.2) is 0 Å². The van der Waals surface area contributed by atoms with E-state index < -0.39 is 5.41 Å². The molecule has 43 heavy (non-hydrogen) atoms. The Morgan fingerprint density at radius 2 is 1.77 bits per heavy atom. The zero-order valence-electron chi connectivity index (χ0n) is 25.4. The van der Waals surface area contributed by atoms with Gasteiger partial charge in [-0.3, -0.25) is 9.78 Å². The topological polar surface area (TPSA) is 80.7 Å². The summed E-state index contributed by atoms with van der Waals surface area (Å²) in [6.07, 6.45) is 1.79. The van der Waals surface area contributed by atoms with Crippen molar-refractivity contribution in [2.75, 3.05) is 24.4 Å². The van der Waals surface area contributed by atoms with E-state index in [0.29, 0.717) is 27.3 Å². The number of hydrogen-bond donors (Lipinski definition) is 2. The van der Waals surface area contributed by atoms with Crippen molar-refractivity contribution in [3.05, 3.63) is 94.5 Å². The van der Waals surface area contributed by atoms with Crippen LogP contribution < -0.4 is 25.0 Å². The molecule has 0 spiro atoms. The minimum atomic E-state index is -0.556. The molecule has 5 rings (SSSR count). The second-order valence-electron chi connectivity index (χ2n) is 11.6. The molecule has 4 aromatic rings. The molecule has 2 atom stereocenters. The minimum absolute atomic E-state index is 0.103. The average molecular weight is 618 g/mol. The maximum Gasteiger partial charge on any atom is 0.229 e. The zero-order chi connectivity index (χ0) is 31.1. The molecule has 10 heteroatoms. The number of rotatable bonds is 7. The highest BCUT2D eigenvalue weighted by molar-refractivity contribution is 7.80. The quantitative estimate of drug-likeness (QED) is 0.210. The Bertz CT molecular complexity index is 1680. The summed E-state index contributed by atoms with van der Waals surface area (Å²) in [4.78, 5) is 19.5. The number of methoxy groups -OCH3 is 2. The molecular formula is C33H36ClN5O3S. The van der Waals surface area contributed by atoms with Crippen molar-refractivity contribution in [3.8, 4) is 17.2 Å². The van der Waals surface area contributed by atoms with Crippen molar-refractivity contribution < 1.29 is 14.3 Å². The summed E-state index contributed by atoms with van der Waals surface area (Å²) >= 11 is 12.4. The summed E-state index contributed by atoms with van der Waals surface area (Å²) in [7, 11) is 3.24. The highest BCUT2D eigenvalue weighted by Crippen LogP contribution is 2.45. The van der Waals surface area contributed by atoms with Gasteiger partial charge in [0, 0.05) is 39.8 Å². The lowest BCUT2D eigenvalue weighted by Crippen LogP contribution is -2.30. The summed E-state index contributed by atoms with van der Waals surface area (Å²) in [6, 6.07) is 18.9. The van der Waals surface area contributed by atoms with E-state index in [2.05, 4.69) is 40.0 Å². The number of amides is 1. The molecule has 2 N–H and O–H groups in total. The van der Waals surface area contributed by atoms with Crippen molar-refractivity contribution in [2.24, 2.45) is 5.41 Å². The van der Waals surface area contributed by atoms with E-state index in [9.17, 15) is 4.79 Å². The number of hydrogen-bond acceptors (Lipinski definition) is 5. The molecule has 3 heterocycles. The fourth-order valence-corrected chi connectivity index (χ4v) is 6.00. The largest absolute Gasteiger partial charge is 0.495 e. The van der Waals surface area contributed by atoms with Crippen LogP contribution in [0, 0.1) is 19.3 Å². The van der Waals surface area contributed by atoms with E-state index in [1.54, 1.807) is 20.4 Å². The Kier molecular flexibility index (Phi) is 8.40. The predicted molar refractivity (Wildman–Crippen MR) is 176 cm³/mol. The van der Waals surface area contributed by atoms with E-state index in [-0.39, 0.29) is 18.0 Å². The van der Waals surface area contributed by atoms with E-state index in [1.807, 2.05) is 75.4 Å². The number of aryl methyl sites for hydroxylation is 1. The fraction of sp³-hybridized carbons (Fsp3) is 0.303. The van der Waals surface area contributed by atoms with E-state index in [1.165, 1.54) is 0 Å². The second-order valence-corrected chi connectivity index (χ2v) is 12.4. The van der Waals surface area contributed by atoms with Crippen LogP contribution in [-0.4, -0.2) is 34.8 Å². The number of carbonyl (C=O) groups is 1. The third-order valence-electron chi connectivity index (χ3n) is 7.66. The highest BCUT2D eigenvalue weighted by Gasteiger charge is 2.42. The third kappa shape index (κ3) is 5.79. The Morgan fingerprint density at radius 1 is 1.02 bits per heavy atom. The van der Waals surface area contributed by atoms with Crippen molar-refractivity contribution in [1.29, 1.82) is 0 Å². The third-order valence-corrected chi connectivity index (χ3v) is 8.21. The van der Waals surface area contributed by atoms with Gasteiger partial charge in [-0.05, 0) is 80.2 Å². The van der Waals surface area contributed by atoms with E-state index >= 15 is 0 Å². The summed E-state index contributed by atoms with van der Waals surface area (Å²) in [5.41, 5.74) is 5.66. The van der Waals surface area contributed by atoms with Gasteiger partial charge in [0.15, 0.2) is 5.11 Å². The monoisotopic (exact) mass is 617 g/mol. The van der Waals surface area contributed by atoms with Crippen LogP contribution in [0.5, 0.6) is 11.5 Å². The number of carbonyl (C=O) groups excluding carboxylic acids is 1. The number of nitrogens with one attached hydrogen (secondary N) is 2. The van der Waals surface area contributed by atoms with Gasteiger partial charge in [0.1, 0.15) is 11.5 Å². The Morgan fingerprint density at radius 3 is 2.42 bits per heavy atom. The van der Waals surface area contributed by atoms with Gasteiger partial charge >= 0.3 is 0 Å². The van der Waals surface area contributed by atoms with Crippen LogP contribution in [0.25, 0.3) is 5.69 Å². The second kappa shape index (κ2) is 11.9. The summed E-state index contributed by atoms with van der Waals surface area (Å²) in [6.45, 7) is 9.76. The summed E-state index contributed by atoms with van der Waals surface area (Å²) < 4.78 is 13.6. The lowest BCUT2D eigenvalue weighted by atomic mass is 9.95. The van der Waals surface area contributed by atoms with Crippen LogP contribution in [0.1, 0.15) is 55.5 Å². The molecule has 1 amide bonds. The maximum absolute atomic E-state index is 12.8. The first-order chi connectivity index (χ1) is 20.4. The van der Waals surface area contributed by atoms with Crippen LogP contribution in [0.3, 0.4) is 0 Å². The average Bonchev–Trinajstić information content (AvgIpc) is 3.47. The molecule has 2 aromatic heterocycles. The van der Waals surface area contributed by atoms with Crippen LogP contribution in [-0.2, 0) is 4.79 Å². The van der Waals surface area contributed by atoms with Crippen molar-refractivity contribution >= 4 is 46.2 Å². The molecule has 0 bridgehead atoms. The van der Waals surface area contributed by atoms with Gasteiger partial charge in [0.05, 0.1) is 43.4 Å². The first-order valence-electron chi connectivity index (χ1n) is 14.0. The standard InChI is InChI=1S/C33H36ClN5O3S/c1-19-16-23(20(2)38(19)26-17-21(34)11-14-27(26)41-6)30-29(25-10-8-9-15-35-25)37-32(43)39(30)22-12-13-24(28(18-22)42-7)36-31(40)33(3,4)5/h8-18,29-30H,1-7H3,(H,36,40)(H,37,43)/t29-,30-/m1/s1. The number of anilines is 2. The van der Waals surface area contributed by atoms with Gasteiger partial charge in [-0.1, -0.05) is 38.4 Å². The van der Waals surface area contributed by atoms with Crippen LogP contribution in [0.15, 0.2) is 66.9 Å². The molecule has 1 aliphatic heterocycles. The van der Waals surface area contributed by atoms with Crippen molar-refractivity contribution in [1.82, 2.24) is 14.9 Å². The van der Waals surface area contributed by atoms with Gasteiger partial charge in [0.25, 0.3) is 0 Å². The molecule has 224 valence electrons. The molecule has 1 saturated heterocycles. The summed E-state index contributed by atoms with van der Waals surface area (Å²) in [5, 5.41) is 7.70. The molecule has 1 fully saturated rings. The van der Waals surface area contributed by atoms with E-state index in [0.717, 1.165) is 34.0 Å². The van der Waals surface area contributed by atoms with Gasteiger partial charge in [-0.15, -0.1) is 0 Å². The molecule has 0 aliphatic carbocycles.